The van der Waals surface area contributed by atoms with Crippen molar-refractivity contribution >= 4 is 11.8 Å². The average Bonchev–Trinajstić information content (AvgIpc) is 2.10. The number of rotatable bonds is 1. The zero-order valence-corrected chi connectivity index (χ0v) is 8.96. The lowest BCUT2D eigenvalue weighted by atomic mass is 10.00. The highest BCUT2D eigenvalue weighted by molar-refractivity contribution is 7.99. The molecule has 68 valence electrons. The molecule has 0 bridgehead atoms. The summed E-state index contributed by atoms with van der Waals surface area (Å²) in [4.78, 5) is 0. The molecule has 0 unspecified atom stereocenters. The van der Waals surface area contributed by atoms with Gasteiger partial charge in [-0.15, -0.1) is 0 Å². The maximum Gasteiger partial charge on any atom is 0.0666 e. The monoisotopic (exact) mass is 176 g/mol. The van der Waals surface area contributed by atoms with Crippen LogP contribution in [0.4, 0.5) is 0 Å². The van der Waals surface area contributed by atoms with E-state index in [1.165, 1.54) is 24.3 Å². The number of methoxy groups -OCH3 is 1. The first-order valence-corrected chi connectivity index (χ1v) is 5.55. The first-order chi connectivity index (χ1) is 5.27. The maximum atomic E-state index is 5.37. The summed E-state index contributed by atoms with van der Waals surface area (Å²) in [6.45, 7) is 6.20. The van der Waals surface area contributed by atoms with E-state index in [1.54, 1.807) is 0 Å². The van der Waals surface area contributed by atoms with Crippen molar-refractivity contribution in [2.45, 2.75) is 39.2 Å². The number of thioether (sulfide) groups is 1. The van der Waals surface area contributed by atoms with Crippen LogP contribution in [0.3, 0.4) is 0 Å². The third-order valence-electron chi connectivity index (χ3n) is 2.04. The van der Waals surface area contributed by atoms with Crippen LogP contribution in [0.5, 0.6) is 0 Å². The highest BCUT2D eigenvalue weighted by Crippen LogP contribution is 2.28. The molecule has 1 rings (SSSR count). The molecule has 2 heteroatoms. The van der Waals surface area contributed by atoms with E-state index in [-0.39, 0.29) is 5.60 Å². The van der Waals surface area contributed by atoms with Crippen molar-refractivity contribution in [1.82, 2.24) is 0 Å². The molecule has 1 aliphatic heterocycles. The van der Waals surface area contributed by atoms with E-state index in [2.05, 4.69) is 6.92 Å². The fourth-order valence-corrected chi connectivity index (χ4v) is 2.36. The molecule has 1 heterocycles. The van der Waals surface area contributed by atoms with E-state index in [4.69, 9.17) is 4.74 Å². The Morgan fingerprint density at radius 2 is 1.64 bits per heavy atom. The summed E-state index contributed by atoms with van der Waals surface area (Å²) >= 11 is 2.03. The van der Waals surface area contributed by atoms with Crippen molar-refractivity contribution in [3.63, 3.8) is 0 Å². The number of hydrogen-bond donors (Lipinski definition) is 0. The lowest BCUT2D eigenvalue weighted by Gasteiger charge is -2.31. The fraction of sp³-hybridized carbons (Fsp3) is 1.00. The van der Waals surface area contributed by atoms with Crippen LogP contribution < -0.4 is 0 Å². The molecule has 0 amide bonds. The molecule has 11 heavy (non-hydrogen) atoms. The van der Waals surface area contributed by atoms with Gasteiger partial charge in [-0.3, -0.25) is 0 Å². The molecule has 0 aromatic rings. The van der Waals surface area contributed by atoms with E-state index >= 15 is 0 Å². The molecule has 0 radical (unpaired) electrons. The second-order valence-corrected chi connectivity index (χ2v) is 3.99. The molecule has 0 spiro atoms. The van der Waals surface area contributed by atoms with Gasteiger partial charge in [-0.2, -0.15) is 11.8 Å². The van der Waals surface area contributed by atoms with Gasteiger partial charge in [0.15, 0.2) is 0 Å². The normalized spacial score (nSPS) is 21.8. The lowest BCUT2D eigenvalue weighted by Crippen LogP contribution is -2.31. The van der Waals surface area contributed by atoms with E-state index in [0.29, 0.717) is 0 Å². The SMILES string of the molecule is CC.COC1(C)CCSCC1. The summed E-state index contributed by atoms with van der Waals surface area (Å²) in [5, 5.41) is 0. The molecular formula is C9H20OS. The largest absolute Gasteiger partial charge is 0.378 e. The van der Waals surface area contributed by atoms with Crippen LogP contribution in [0.25, 0.3) is 0 Å². The average molecular weight is 176 g/mol. The molecule has 1 saturated heterocycles. The van der Waals surface area contributed by atoms with Gasteiger partial charge >= 0.3 is 0 Å². The van der Waals surface area contributed by atoms with Crippen molar-refractivity contribution in [1.29, 1.82) is 0 Å². The highest BCUT2D eigenvalue weighted by Gasteiger charge is 2.25. The molecular weight excluding hydrogens is 156 g/mol. The Hall–Kier alpha value is 0.310. The smallest absolute Gasteiger partial charge is 0.0666 e. The standard InChI is InChI=1S/C7H14OS.C2H6/c1-7(8-2)3-5-9-6-4-7;1-2/h3-6H2,1-2H3;1-2H3. The van der Waals surface area contributed by atoms with Gasteiger partial charge in [0.25, 0.3) is 0 Å². The van der Waals surface area contributed by atoms with E-state index < -0.39 is 0 Å². The molecule has 0 aromatic carbocycles. The minimum atomic E-state index is 0.200. The Bertz CT molecular complexity index is 87.6. The van der Waals surface area contributed by atoms with Crippen molar-refractivity contribution in [2.75, 3.05) is 18.6 Å². The number of hydrogen-bond acceptors (Lipinski definition) is 2. The quantitative estimate of drug-likeness (QED) is 0.607. The maximum absolute atomic E-state index is 5.37. The van der Waals surface area contributed by atoms with Gasteiger partial charge in [0, 0.05) is 7.11 Å². The Morgan fingerprint density at radius 3 is 1.91 bits per heavy atom. The predicted octanol–water partition coefficient (Wildman–Crippen LogP) is 2.94. The minimum absolute atomic E-state index is 0.200. The third-order valence-corrected chi connectivity index (χ3v) is 3.03. The minimum Gasteiger partial charge on any atom is -0.378 e. The van der Waals surface area contributed by atoms with Crippen LogP contribution >= 0.6 is 11.8 Å². The topological polar surface area (TPSA) is 9.23 Å². The second-order valence-electron chi connectivity index (χ2n) is 2.77. The Morgan fingerprint density at radius 1 is 1.18 bits per heavy atom. The molecule has 0 aromatic heterocycles. The van der Waals surface area contributed by atoms with Gasteiger partial charge < -0.3 is 4.74 Å². The van der Waals surface area contributed by atoms with Gasteiger partial charge in [0.05, 0.1) is 5.60 Å². The van der Waals surface area contributed by atoms with E-state index in [9.17, 15) is 0 Å². The van der Waals surface area contributed by atoms with Crippen LogP contribution in [0.15, 0.2) is 0 Å². The Kier molecular flexibility index (Phi) is 6.06. The molecule has 0 saturated carbocycles. The highest BCUT2D eigenvalue weighted by atomic mass is 32.2. The molecule has 1 aliphatic rings. The van der Waals surface area contributed by atoms with E-state index in [1.807, 2.05) is 32.7 Å². The molecule has 1 nitrogen and oxygen atoms in total. The van der Waals surface area contributed by atoms with Gasteiger partial charge in [-0.1, -0.05) is 13.8 Å². The summed E-state index contributed by atoms with van der Waals surface area (Å²) in [5.74, 6) is 2.54. The summed E-state index contributed by atoms with van der Waals surface area (Å²) in [6, 6.07) is 0. The Balaban J connectivity index is 0.000000461. The van der Waals surface area contributed by atoms with Crippen molar-refractivity contribution in [2.24, 2.45) is 0 Å². The van der Waals surface area contributed by atoms with Gasteiger partial charge in [0.1, 0.15) is 0 Å². The summed E-state index contributed by atoms with van der Waals surface area (Å²) in [7, 11) is 1.82. The van der Waals surface area contributed by atoms with Crippen molar-refractivity contribution in [3.05, 3.63) is 0 Å². The second kappa shape index (κ2) is 5.90. The Labute approximate surface area is 74.9 Å². The molecule has 0 aliphatic carbocycles. The van der Waals surface area contributed by atoms with Crippen LogP contribution in [-0.4, -0.2) is 24.2 Å². The zero-order valence-electron chi connectivity index (χ0n) is 8.14. The van der Waals surface area contributed by atoms with Crippen molar-refractivity contribution < 1.29 is 4.74 Å². The summed E-state index contributed by atoms with van der Waals surface area (Å²) in [5.41, 5.74) is 0.200. The summed E-state index contributed by atoms with van der Waals surface area (Å²) in [6.07, 6.45) is 2.43. The van der Waals surface area contributed by atoms with Crippen LogP contribution in [-0.2, 0) is 4.74 Å². The van der Waals surface area contributed by atoms with Crippen molar-refractivity contribution in [3.8, 4) is 0 Å². The molecule has 0 N–H and O–H groups in total. The van der Waals surface area contributed by atoms with Crippen LogP contribution in [0.2, 0.25) is 0 Å². The molecule has 0 atom stereocenters. The zero-order chi connectivity index (χ0) is 8.74. The first-order valence-electron chi connectivity index (χ1n) is 4.40. The predicted molar refractivity (Wildman–Crippen MR) is 53.3 cm³/mol. The van der Waals surface area contributed by atoms with Gasteiger partial charge in [-0.05, 0) is 31.3 Å². The summed E-state index contributed by atoms with van der Waals surface area (Å²) < 4.78 is 5.37. The third kappa shape index (κ3) is 4.02. The van der Waals surface area contributed by atoms with Crippen LogP contribution in [0.1, 0.15) is 33.6 Å². The van der Waals surface area contributed by atoms with E-state index in [0.717, 1.165) is 0 Å². The molecule has 1 fully saturated rings. The number of ether oxygens (including phenoxy) is 1. The van der Waals surface area contributed by atoms with Gasteiger partial charge in [-0.25, -0.2) is 0 Å². The fourth-order valence-electron chi connectivity index (χ4n) is 1.01. The van der Waals surface area contributed by atoms with Gasteiger partial charge in [0.2, 0.25) is 0 Å². The van der Waals surface area contributed by atoms with Crippen LogP contribution in [0, 0.1) is 0 Å². The first kappa shape index (κ1) is 11.3. The lowest BCUT2D eigenvalue weighted by molar-refractivity contribution is -0.000412.